The number of carbonyl (C=O) groups is 1. The molecule has 5 rings (SSSR count). The molecule has 12 heteroatoms. The van der Waals surface area contributed by atoms with E-state index in [1.54, 1.807) is 50.3 Å². The molecule has 0 aliphatic carbocycles. The van der Waals surface area contributed by atoms with Gasteiger partial charge in [0.25, 0.3) is 5.56 Å². The van der Waals surface area contributed by atoms with Crippen LogP contribution in [0.5, 0.6) is 5.75 Å². The maximum Gasteiger partial charge on any atom is 0.338 e. The van der Waals surface area contributed by atoms with E-state index >= 15 is 0 Å². The highest BCUT2D eigenvalue weighted by molar-refractivity contribution is 14.1. The summed E-state index contributed by atoms with van der Waals surface area (Å²) in [4.78, 5) is 32.3. The summed E-state index contributed by atoms with van der Waals surface area (Å²) in [5, 5.41) is 1.46. The molecule has 4 aromatic rings. The molecule has 0 radical (unpaired) electrons. The normalized spacial score (nSPS) is 14.9. The smallest absolute Gasteiger partial charge is 0.338 e. The summed E-state index contributed by atoms with van der Waals surface area (Å²) in [5.74, 6) is 0.0396. The van der Waals surface area contributed by atoms with E-state index in [1.165, 1.54) is 15.9 Å². The Labute approximate surface area is 282 Å². The standard InChI is InChI=1S/C30H21BrCl3IN2O4S/c1-3-40-29(39)25-15(2)36-30-37(26(25)20-6-4-5-7-21(20)33)28(38)24(42-30)11-17-10-18(31)12-23(35)27(17)41-14-16-8-9-19(32)13-22(16)34/h4-13,26H,3,14H2,1-2H3/b24-11-/t26-/m1/s1. The van der Waals surface area contributed by atoms with Gasteiger partial charge in [0, 0.05) is 30.7 Å². The van der Waals surface area contributed by atoms with E-state index in [1.807, 2.05) is 24.3 Å². The maximum atomic E-state index is 14.1. The second kappa shape index (κ2) is 13.2. The lowest BCUT2D eigenvalue weighted by Crippen LogP contribution is -2.40. The fraction of sp³-hybridized carbons (Fsp3) is 0.167. The molecule has 0 fully saturated rings. The summed E-state index contributed by atoms with van der Waals surface area (Å²) in [5.41, 5.74) is 2.47. The summed E-state index contributed by atoms with van der Waals surface area (Å²) in [6, 6.07) is 15.4. The van der Waals surface area contributed by atoms with Gasteiger partial charge in [0.15, 0.2) is 4.80 Å². The number of allylic oxidation sites excluding steroid dienone is 1. The van der Waals surface area contributed by atoms with Crippen molar-refractivity contribution in [2.45, 2.75) is 26.5 Å². The van der Waals surface area contributed by atoms with E-state index in [9.17, 15) is 9.59 Å². The molecule has 0 spiro atoms. The number of hydrogen-bond acceptors (Lipinski definition) is 6. The minimum atomic E-state index is -0.804. The third-order valence-electron chi connectivity index (χ3n) is 6.43. The predicted molar refractivity (Wildman–Crippen MR) is 180 cm³/mol. The monoisotopic (exact) mass is 816 g/mol. The molecular weight excluding hydrogens is 798 g/mol. The highest BCUT2D eigenvalue weighted by atomic mass is 127. The van der Waals surface area contributed by atoms with Crippen LogP contribution in [0, 0.1) is 3.57 Å². The highest BCUT2D eigenvalue weighted by Crippen LogP contribution is 2.35. The molecule has 1 aromatic heterocycles. The lowest BCUT2D eigenvalue weighted by Gasteiger charge is -2.25. The van der Waals surface area contributed by atoms with Crippen molar-refractivity contribution in [3.8, 4) is 5.75 Å². The number of aromatic nitrogens is 1. The minimum absolute atomic E-state index is 0.181. The van der Waals surface area contributed by atoms with E-state index < -0.39 is 12.0 Å². The number of fused-ring (bicyclic) bond motifs is 1. The van der Waals surface area contributed by atoms with Gasteiger partial charge < -0.3 is 9.47 Å². The predicted octanol–water partition coefficient (Wildman–Crippen LogP) is 7.70. The Morgan fingerprint density at radius 1 is 1.14 bits per heavy atom. The van der Waals surface area contributed by atoms with Crippen LogP contribution >= 0.6 is 84.7 Å². The fourth-order valence-corrected chi connectivity index (χ4v) is 8.00. The molecule has 0 bridgehead atoms. The topological polar surface area (TPSA) is 69.9 Å². The van der Waals surface area contributed by atoms with E-state index in [0.717, 1.165) is 13.6 Å². The minimum Gasteiger partial charge on any atom is -0.487 e. The average molecular weight is 819 g/mol. The first-order chi connectivity index (χ1) is 20.1. The van der Waals surface area contributed by atoms with Crippen LogP contribution in [-0.2, 0) is 16.1 Å². The van der Waals surface area contributed by atoms with Crippen LogP contribution in [0.4, 0.5) is 0 Å². The Bertz CT molecular complexity index is 1940. The van der Waals surface area contributed by atoms with Gasteiger partial charge in [-0.1, -0.05) is 86.3 Å². The fourth-order valence-electron chi connectivity index (χ4n) is 4.55. The molecule has 42 heavy (non-hydrogen) atoms. The molecule has 2 heterocycles. The lowest BCUT2D eigenvalue weighted by atomic mass is 9.96. The van der Waals surface area contributed by atoms with Crippen LogP contribution in [-0.4, -0.2) is 17.1 Å². The van der Waals surface area contributed by atoms with Gasteiger partial charge in [-0.15, -0.1) is 0 Å². The van der Waals surface area contributed by atoms with Gasteiger partial charge in [0.05, 0.1) is 26.0 Å². The van der Waals surface area contributed by atoms with Crippen LogP contribution in [0.15, 0.2) is 80.1 Å². The molecule has 216 valence electrons. The van der Waals surface area contributed by atoms with Crippen LogP contribution in [0.3, 0.4) is 0 Å². The van der Waals surface area contributed by atoms with Crippen molar-refractivity contribution in [1.82, 2.24) is 4.57 Å². The number of thiazole rings is 1. The van der Waals surface area contributed by atoms with Crippen LogP contribution in [0.25, 0.3) is 6.08 Å². The molecule has 1 atom stereocenters. The number of hydrogen-bond donors (Lipinski definition) is 0. The lowest BCUT2D eigenvalue weighted by molar-refractivity contribution is -0.139. The van der Waals surface area contributed by atoms with Crippen LogP contribution in [0.1, 0.15) is 36.6 Å². The van der Waals surface area contributed by atoms with Gasteiger partial charge >= 0.3 is 5.97 Å². The SMILES string of the molecule is CCOC(=O)C1=C(C)N=c2s/c(=C\c3cc(Br)cc(I)c3OCc3ccc(Cl)cc3Cl)c(=O)n2[C@@H]1c1ccccc1Cl. The van der Waals surface area contributed by atoms with Crippen molar-refractivity contribution in [3.63, 3.8) is 0 Å². The first-order valence-corrected chi connectivity index (χ1v) is 16.4. The van der Waals surface area contributed by atoms with E-state index in [0.29, 0.717) is 47.0 Å². The molecule has 0 unspecified atom stereocenters. The Kier molecular flexibility index (Phi) is 9.86. The van der Waals surface area contributed by atoms with Crippen LogP contribution in [0.2, 0.25) is 15.1 Å². The second-order valence-corrected chi connectivity index (χ2v) is 13.5. The van der Waals surface area contributed by atoms with Crippen molar-refractivity contribution >= 4 is 96.7 Å². The summed E-state index contributed by atoms with van der Waals surface area (Å²) in [6.45, 7) is 3.84. The molecule has 6 nitrogen and oxygen atoms in total. The highest BCUT2D eigenvalue weighted by Gasteiger charge is 2.34. The number of ether oxygens (including phenoxy) is 2. The van der Waals surface area contributed by atoms with E-state index in [-0.39, 0.29) is 24.3 Å². The van der Waals surface area contributed by atoms with Crippen molar-refractivity contribution in [1.29, 1.82) is 0 Å². The zero-order chi connectivity index (χ0) is 30.1. The third kappa shape index (κ3) is 6.37. The van der Waals surface area contributed by atoms with Gasteiger partial charge in [-0.25, -0.2) is 9.79 Å². The number of halogens is 5. The Hall–Kier alpha value is -2.15. The van der Waals surface area contributed by atoms with E-state index in [4.69, 9.17) is 44.3 Å². The Morgan fingerprint density at radius 2 is 1.90 bits per heavy atom. The second-order valence-electron chi connectivity index (χ2n) is 9.15. The van der Waals surface area contributed by atoms with Crippen molar-refractivity contribution < 1.29 is 14.3 Å². The Balaban J connectivity index is 1.65. The van der Waals surface area contributed by atoms with Gasteiger partial charge in [-0.3, -0.25) is 9.36 Å². The first-order valence-electron chi connectivity index (χ1n) is 12.6. The molecular formula is C30H21BrCl3IN2O4S. The van der Waals surface area contributed by atoms with Gasteiger partial charge in [-0.2, -0.15) is 0 Å². The van der Waals surface area contributed by atoms with Gasteiger partial charge in [0.1, 0.15) is 18.4 Å². The molecule has 1 aliphatic rings. The number of rotatable bonds is 7. The first kappa shape index (κ1) is 31.3. The molecule has 0 saturated heterocycles. The third-order valence-corrected chi connectivity index (χ3v) is 9.60. The zero-order valence-electron chi connectivity index (χ0n) is 22.1. The quantitative estimate of drug-likeness (QED) is 0.142. The van der Waals surface area contributed by atoms with Crippen LogP contribution < -0.4 is 19.6 Å². The number of nitrogens with zero attached hydrogens (tertiary/aromatic N) is 2. The number of benzene rings is 3. The zero-order valence-corrected chi connectivity index (χ0v) is 28.9. The molecule has 0 N–H and O–H groups in total. The molecule has 1 aliphatic heterocycles. The van der Waals surface area contributed by atoms with Gasteiger partial charge in [-0.05, 0) is 78.4 Å². The summed E-state index contributed by atoms with van der Waals surface area (Å²) in [7, 11) is 0. The van der Waals surface area contributed by atoms with Gasteiger partial charge in [0.2, 0.25) is 0 Å². The summed E-state index contributed by atoms with van der Waals surface area (Å²) < 4.78 is 15.2. The largest absolute Gasteiger partial charge is 0.487 e. The summed E-state index contributed by atoms with van der Waals surface area (Å²) >= 11 is 26.0. The molecule has 3 aromatic carbocycles. The average Bonchev–Trinajstić information content (AvgIpc) is 3.23. The Morgan fingerprint density at radius 3 is 2.62 bits per heavy atom. The van der Waals surface area contributed by atoms with Crippen molar-refractivity contribution in [3.05, 3.63) is 125 Å². The van der Waals surface area contributed by atoms with Crippen molar-refractivity contribution in [2.24, 2.45) is 4.99 Å². The van der Waals surface area contributed by atoms with Crippen molar-refractivity contribution in [2.75, 3.05) is 6.61 Å². The number of carbonyl (C=O) groups excluding carboxylic acids is 1. The van der Waals surface area contributed by atoms with E-state index in [2.05, 4.69) is 43.5 Å². The summed E-state index contributed by atoms with van der Waals surface area (Å²) in [6.07, 6.45) is 1.77. The molecule has 0 amide bonds. The maximum absolute atomic E-state index is 14.1. The molecule has 0 saturated carbocycles. The number of esters is 1.